The number of hydrogen-bond donors (Lipinski definition) is 1. The van der Waals surface area contributed by atoms with Crippen molar-refractivity contribution < 1.29 is 22.0 Å². The Morgan fingerprint density at radius 3 is 2.54 bits per heavy atom. The fraction of sp³-hybridized carbons (Fsp3) is 0.250. The fourth-order valence-corrected chi connectivity index (χ4v) is 4.68. The third-order valence-electron chi connectivity index (χ3n) is 4.97. The lowest BCUT2D eigenvalue weighted by Crippen LogP contribution is -2.30. The molecule has 0 saturated heterocycles. The summed E-state index contributed by atoms with van der Waals surface area (Å²) in [5, 5.41) is 0.529. The standard InChI is InChI=1S/C20H19FN2O4S/c1-28(25,26)23-9-3-2-4-13-10-15-17(11-16(13)23)27-19(18(15)20(22)24)12-5-7-14(21)8-6-12/h5-8,10-11H,2-4,9H2,1H3,(H2,22,24). The van der Waals surface area contributed by atoms with Crippen LogP contribution in [0.1, 0.15) is 28.8 Å². The van der Waals surface area contributed by atoms with E-state index in [4.69, 9.17) is 10.2 Å². The average molecular weight is 402 g/mol. The Morgan fingerprint density at radius 2 is 1.89 bits per heavy atom. The van der Waals surface area contributed by atoms with Crippen molar-refractivity contribution in [3.63, 3.8) is 0 Å². The molecule has 8 heteroatoms. The van der Waals surface area contributed by atoms with E-state index in [2.05, 4.69) is 0 Å². The molecule has 0 saturated carbocycles. The van der Waals surface area contributed by atoms with Crippen LogP contribution in [0, 0.1) is 5.82 Å². The van der Waals surface area contributed by atoms with Crippen molar-refractivity contribution in [1.82, 2.24) is 0 Å². The molecule has 2 aromatic carbocycles. The zero-order chi connectivity index (χ0) is 20.1. The van der Waals surface area contributed by atoms with Crippen molar-refractivity contribution in [1.29, 1.82) is 0 Å². The first-order valence-electron chi connectivity index (χ1n) is 8.88. The molecule has 0 bridgehead atoms. The van der Waals surface area contributed by atoms with Gasteiger partial charge in [-0.05, 0) is 55.2 Å². The van der Waals surface area contributed by atoms with Gasteiger partial charge in [-0.3, -0.25) is 9.10 Å². The van der Waals surface area contributed by atoms with Crippen molar-refractivity contribution in [2.45, 2.75) is 19.3 Å². The number of halogens is 1. The molecule has 1 aliphatic rings. The Kier molecular flexibility index (Phi) is 4.38. The first-order chi connectivity index (χ1) is 13.3. The Bertz CT molecular complexity index is 1180. The molecule has 0 unspecified atom stereocenters. The number of primary amides is 1. The molecule has 1 amide bonds. The summed E-state index contributed by atoms with van der Waals surface area (Å²) in [5.74, 6) is -0.823. The van der Waals surface area contributed by atoms with Gasteiger partial charge >= 0.3 is 0 Å². The Hall–Kier alpha value is -2.87. The molecule has 146 valence electrons. The molecule has 6 nitrogen and oxygen atoms in total. The highest BCUT2D eigenvalue weighted by atomic mass is 32.2. The molecule has 2 N–H and O–H groups in total. The van der Waals surface area contributed by atoms with Crippen LogP contribution >= 0.6 is 0 Å². The van der Waals surface area contributed by atoms with Gasteiger partial charge in [-0.2, -0.15) is 0 Å². The Balaban J connectivity index is 1.99. The number of sulfonamides is 1. The van der Waals surface area contributed by atoms with E-state index in [9.17, 15) is 17.6 Å². The van der Waals surface area contributed by atoms with Crippen LogP contribution in [0.2, 0.25) is 0 Å². The number of benzene rings is 2. The van der Waals surface area contributed by atoms with Crippen LogP contribution in [0.5, 0.6) is 0 Å². The van der Waals surface area contributed by atoms with E-state index in [1.165, 1.54) is 34.8 Å². The predicted octanol–water partition coefficient (Wildman–Crippen LogP) is 3.44. The summed E-state index contributed by atoms with van der Waals surface area (Å²) in [5.41, 5.74) is 8.08. The van der Waals surface area contributed by atoms with Gasteiger partial charge in [0.2, 0.25) is 10.0 Å². The van der Waals surface area contributed by atoms with Gasteiger partial charge in [-0.15, -0.1) is 0 Å². The number of hydrogen-bond acceptors (Lipinski definition) is 4. The molecule has 0 radical (unpaired) electrons. The lowest BCUT2D eigenvalue weighted by Gasteiger charge is -2.22. The number of nitrogens with two attached hydrogens (primary N) is 1. The summed E-state index contributed by atoms with van der Waals surface area (Å²) in [6.45, 7) is 0.394. The zero-order valence-corrected chi connectivity index (χ0v) is 16.1. The zero-order valence-electron chi connectivity index (χ0n) is 15.2. The first-order valence-corrected chi connectivity index (χ1v) is 10.7. The van der Waals surface area contributed by atoms with Crippen molar-refractivity contribution in [3.05, 3.63) is 53.3 Å². The Morgan fingerprint density at radius 1 is 1.18 bits per heavy atom. The molecule has 0 aliphatic carbocycles. The topological polar surface area (TPSA) is 93.6 Å². The molecular weight excluding hydrogens is 383 g/mol. The number of carbonyl (C=O) groups excluding carboxylic acids is 1. The number of carbonyl (C=O) groups is 1. The van der Waals surface area contributed by atoms with Crippen LogP contribution in [-0.4, -0.2) is 27.1 Å². The summed E-state index contributed by atoms with van der Waals surface area (Å²) in [4.78, 5) is 12.2. The van der Waals surface area contributed by atoms with E-state index in [1.807, 2.05) is 0 Å². The summed E-state index contributed by atoms with van der Waals surface area (Å²) in [6, 6.07) is 8.99. The number of amides is 1. The molecule has 2 heterocycles. The highest BCUT2D eigenvalue weighted by Crippen LogP contribution is 2.39. The minimum absolute atomic E-state index is 0.208. The normalized spacial score (nSPS) is 14.7. The van der Waals surface area contributed by atoms with E-state index in [0.717, 1.165) is 18.4 Å². The number of furan rings is 1. The second-order valence-corrected chi connectivity index (χ2v) is 8.85. The van der Waals surface area contributed by atoms with E-state index >= 15 is 0 Å². The minimum atomic E-state index is -3.45. The van der Waals surface area contributed by atoms with Gasteiger partial charge in [0.05, 0.1) is 17.5 Å². The van der Waals surface area contributed by atoms with Gasteiger partial charge < -0.3 is 10.2 Å². The first kappa shape index (κ1) is 18.5. The number of fused-ring (bicyclic) bond motifs is 2. The second kappa shape index (κ2) is 6.63. The molecule has 1 aliphatic heterocycles. The highest BCUT2D eigenvalue weighted by Gasteiger charge is 2.27. The third kappa shape index (κ3) is 3.13. The monoisotopic (exact) mass is 402 g/mol. The SMILES string of the molecule is CS(=O)(=O)N1CCCCc2cc3c(C(N)=O)c(-c4ccc(F)cc4)oc3cc21. The van der Waals surface area contributed by atoms with E-state index in [1.54, 1.807) is 12.1 Å². The molecule has 0 fully saturated rings. The molecule has 4 rings (SSSR count). The van der Waals surface area contributed by atoms with Crippen molar-refractivity contribution in [2.24, 2.45) is 5.73 Å². The largest absolute Gasteiger partial charge is 0.455 e. The van der Waals surface area contributed by atoms with Gasteiger partial charge in [-0.25, -0.2) is 12.8 Å². The van der Waals surface area contributed by atoms with Gasteiger partial charge in [0.1, 0.15) is 17.2 Å². The van der Waals surface area contributed by atoms with Crippen LogP contribution < -0.4 is 10.0 Å². The van der Waals surface area contributed by atoms with E-state index < -0.39 is 21.7 Å². The van der Waals surface area contributed by atoms with Crippen LogP contribution in [0.15, 0.2) is 40.8 Å². The number of anilines is 1. The van der Waals surface area contributed by atoms with Crippen molar-refractivity contribution in [2.75, 3.05) is 17.1 Å². The summed E-state index contributed by atoms with van der Waals surface area (Å²) in [7, 11) is -3.45. The lowest BCUT2D eigenvalue weighted by atomic mass is 10.0. The lowest BCUT2D eigenvalue weighted by molar-refractivity contribution is 0.100. The van der Waals surface area contributed by atoms with Gasteiger partial charge in [0, 0.05) is 23.6 Å². The van der Waals surface area contributed by atoms with Gasteiger partial charge in [0.15, 0.2) is 0 Å². The van der Waals surface area contributed by atoms with E-state index in [-0.39, 0.29) is 11.3 Å². The second-order valence-electron chi connectivity index (χ2n) is 6.95. The number of aryl methyl sites for hydroxylation is 1. The predicted molar refractivity (Wildman–Crippen MR) is 105 cm³/mol. The van der Waals surface area contributed by atoms with Crippen LogP contribution in [-0.2, 0) is 16.4 Å². The average Bonchev–Trinajstić information content (AvgIpc) is 2.85. The number of nitrogens with zero attached hydrogens (tertiary/aromatic N) is 1. The van der Waals surface area contributed by atoms with Crippen LogP contribution in [0.3, 0.4) is 0 Å². The van der Waals surface area contributed by atoms with Gasteiger partial charge in [-0.1, -0.05) is 0 Å². The molecule has 28 heavy (non-hydrogen) atoms. The molecule has 0 spiro atoms. The molecular formula is C20H19FN2O4S. The van der Waals surface area contributed by atoms with E-state index in [0.29, 0.717) is 35.2 Å². The minimum Gasteiger partial charge on any atom is -0.455 e. The Labute approximate surface area is 161 Å². The maximum absolute atomic E-state index is 13.3. The maximum Gasteiger partial charge on any atom is 0.253 e. The summed E-state index contributed by atoms with van der Waals surface area (Å²) in [6.07, 6.45) is 3.44. The summed E-state index contributed by atoms with van der Waals surface area (Å²) >= 11 is 0. The molecule has 3 aromatic rings. The van der Waals surface area contributed by atoms with Crippen LogP contribution in [0.4, 0.5) is 10.1 Å². The molecule has 0 atom stereocenters. The molecule has 1 aromatic heterocycles. The smallest absolute Gasteiger partial charge is 0.253 e. The highest BCUT2D eigenvalue weighted by molar-refractivity contribution is 7.92. The fourth-order valence-electron chi connectivity index (χ4n) is 3.69. The quantitative estimate of drug-likeness (QED) is 0.726. The third-order valence-corrected chi connectivity index (χ3v) is 6.15. The number of rotatable bonds is 3. The van der Waals surface area contributed by atoms with Gasteiger partial charge in [0.25, 0.3) is 5.91 Å². The van der Waals surface area contributed by atoms with Crippen LogP contribution in [0.25, 0.3) is 22.3 Å². The van der Waals surface area contributed by atoms with Crippen molar-refractivity contribution in [3.8, 4) is 11.3 Å². The maximum atomic E-state index is 13.3. The summed E-state index contributed by atoms with van der Waals surface area (Å²) < 4.78 is 45.1. The van der Waals surface area contributed by atoms with Crippen molar-refractivity contribution >= 4 is 32.6 Å².